The number of carbonyl (C=O) groups is 2. The fourth-order valence-corrected chi connectivity index (χ4v) is 2.36. The van der Waals surface area contributed by atoms with Gasteiger partial charge < -0.3 is 10.4 Å². The second-order valence-electron chi connectivity index (χ2n) is 6.41. The minimum atomic E-state index is -0.766. The first-order valence-electron chi connectivity index (χ1n) is 7.35. The molecule has 0 saturated carbocycles. The van der Waals surface area contributed by atoms with E-state index in [-0.39, 0.29) is 23.7 Å². The van der Waals surface area contributed by atoms with Crippen molar-refractivity contribution in [2.24, 2.45) is 11.3 Å². The van der Waals surface area contributed by atoms with E-state index in [2.05, 4.69) is 26.1 Å². The molecule has 1 aromatic rings. The minimum absolute atomic E-state index is 0.0346. The second-order valence-corrected chi connectivity index (χ2v) is 6.41. The number of carboxylic acids is 1. The van der Waals surface area contributed by atoms with Crippen molar-refractivity contribution in [1.29, 1.82) is 0 Å². The van der Waals surface area contributed by atoms with E-state index < -0.39 is 5.97 Å². The van der Waals surface area contributed by atoms with E-state index in [0.29, 0.717) is 18.5 Å². The Hall–Kier alpha value is -1.84. The lowest BCUT2D eigenvalue weighted by atomic mass is 9.76. The molecule has 0 bridgehead atoms. The van der Waals surface area contributed by atoms with Gasteiger partial charge in [-0.25, -0.2) is 0 Å². The van der Waals surface area contributed by atoms with E-state index in [1.54, 1.807) is 12.1 Å². The van der Waals surface area contributed by atoms with Crippen LogP contribution < -0.4 is 5.32 Å². The Morgan fingerprint density at radius 2 is 1.76 bits per heavy atom. The van der Waals surface area contributed by atoms with E-state index in [1.807, 2.05) is 18.2 Å². The molecule has 116 valence electrons. The zero-order valence-corrected chi connectivity index (χ0v) is 13.1. The summed E-state index contributed by atoms with van der Waals surface area (Å²) < 4.78 is 0. The van der Waals surface area contributed by atoms with Gasteiger partial charge >= 0.3 is 5.97 Å². The van der Waals surface area contributed by atoms with Crippen LogP contribution in [0.2, 0.25) is 0 Å². The highest BCUT2D eigenvalue weighted by Gasteiger charge is 2.24. The number of amides is 1. The quantitative estimate of drug-likeness (QED) is 0.809. The summed E-state index contributed by atoms with van der Waals surface area (Å²) >= 11 is 0. The highest BCUT2D eigenvalue weighted by molar-refractivity contribution is 5.94. The fraction of sp³-hybridized carbons (Fsp3) is 0.529. The normalized spacial score (nSPS) is 12.7. The van der Waals surface area contributed by atoms with Crippen molar-refractivity contribution in [2.75, 3.05) is 6.54 Å². The molecule has 0 heterocycles. The van der Waals surface area contributed by atoms with Gasteiger partial charge in [-0.2, -0.15) is 0 Å². The zero-order chi connectivity index (χ0) is 15.9. The molecule has 21 heavy (non-hydrogen) atoms. The van der Waals surface area contributed by atoms with E-state index in [1.165, 1.54) is 0 Å². The summed E-state index contributed by atoms with van der Waals surface area (Å²) in [6.45, 7) is 6.89. The standard InChI is InChI=1S/C17H25NO3/c1-17(2,3)14(9-10-15(19)20)11-12-18-16(21)13-7-5-4-6-8-13/h4-8,14H,9-12H2,1-3H3,(H,18,21)(H,19,20). The van der Waals surface area contributed by atoms with Gasteiger partial charge in [0.2, 0.25) is 0 Å². The lowest BCUT2D eigenvalue weighted by molar-refractivity contribution is -0.137. The summed E-state index contributed by atoms with van der Waals surface area (Å²) in [6.07, 6.45) is 1.60. The lowest BCUT2D eigenvalue weighted by Gasteiger charge is -2.30. The van der Waals surface area contributed by atoms with Crippen LogP contribution >= 0.6 is 0 Å². The molecule has 4 nitrogen and oxygen atoms in total. The molecular formula is C17H25NO3. The average molecular weight is 291 g/mol. The van der Waals surface area contributed by atoms with Gasteiger partial charge in [-0.05, 0) is 36.3 Å². The van der Waals surface area contributed by atoms with Crippen LogP contribution in [0.25, 0.3) is 0 Å². The Labute approximate surface area is 126 Å². The van der Waals surface area contributed by atoms with Gasteiger partial charge in [0.25, 0.3) is 5.91 Å². The van der Waals surface area contributed by atoms with Crippen LogP contribution in [-0.2, 0) is 4.79 Å². The monoisotopic (exact) mass is 291 g/mol. The maximum atomic E-state index is 11.9. The minimum Gasteiger partial charge on any atom is -0.481 e. The summed E-state index contributed by atoms with van der Waals surface area (Å²) in [5.74, 6) is -0.580. The Bertz CT molecular complexity index is 463. The Morgan fingerprint density at radius 3 is 2.29 bits per heavy atom. The number of rotatable bonds is 7. The number of hydrogen-bond acceptors (Lipinski definition) is 2. The van der Waals surface area contributed by atoms with Crippen LogP contribution in [0.15, 0.2) is 30.3 Å². The first kappa shape index (κ1) is 17.2. The topological polar surface area (TPSA) is 66.4 Å². The Morgan fingerprint density at radius 1 is 1.14 bits per heavy atom. The largest absolute Gasteiger partial charge is 0.481 e. The van der Waals surface area contributed by atoms with Crippen molar-refractivity contribution in [2.45, 2.75) is 40.0 Å². The average Bonchev–Trinajstić information content (AvgIpc) is 2.41. The van der Waals surface area contributed by atoms with Crippen LogP contribution in [0.5, 0.6) is 0 Å². The third-order valence-corrected chi connectivity index (χ3v) is 3.75. The number of aliphatic carboxylic acids is 1. The molecule has 1 unspecified atom stereocenters. The smallest absolute Gasteiger partial charge is 0.303 e. The highest BCUT2D eigenvalue weighted by atomic mass is 16.4. The van der Waals surface area contributed by atoms with Gasteiger partial charge in [0.05, 0.1) is 0 Å². The molecule has 0 aliphatic heterocycles. The van der Waals surface area contributed by atoms with Crippen molar-refractivity contribution >= 4 is 11.9 Å². The maximum Gasteiger partial charge on any atom is 0.303 e. The lowest BCUT2D eigenvalue weighted by Crippen LogP contribution is -2.29. The number of carboxylic acid groups (broad SMARTS) is 1. The number of carbonyl (C=O) groups excluding carboxylic acids is 1. The third kappa shape index (κ3) is 6.43. The van der Waals surface area contributed by atoms with Gasteiger partial charge in [0.15, 0.2) is 0 Å². The molecule has 0 aromatic heterocycles. The van der Waals surface area contributed by atoms with Crippen molar-refractivity contribution in [3.8, 4) is 0 Å². The summed E-state index contributed by atoms with van der Waals surface area (Å²) in [5, 5.41) is 11.7. The van der Waals surface area contributed by atoms with Crippen LogP contribution in [0.4, 0.5) is 0 Å². The predicted octanol–water partition coefficient (Wildman–Crippen LogP) is 3.33. The van der Waals surface area contributed by atoms with Gasteiger partial charge in [0.1, 0.15) is 0 Å². The van der Waals surface area contributed by atoms with Gasteiger partial charge in [-0.1, -0.05) is 39.0 Å². The van der Waals surface area contributed by atoms with Crippen LogP contribution in [0.3, 0.4) is 0 Å². The van der Waals surface area contributed by atoms with Crippen molar-refractivity contribution in [3.63, 3.8) is 0 Å². The summed E-state index contributed by atoms with van der Waals surface area (Å²) in [7, 11) is 0. The summed E-state index contributed by atoms with van der Waals surface area (Å²) in [5.41, 5.74) is 0.683. The molecule has 1 amide bonds. The molecule has 2 N–H and O–H groups in total. The second kappa shape index (κ2) is 7.81. The van der Waals surface area contributed by atoms with E-state index in [9.17, 15) is 9.59 Å². The summed E-state index contributed by atoms with van der Waals surface area (Å²) in [6, 6.07) is 9.10. The molecule has 0 fully saturated rings. The first-order valence-corrected chi connectivity index (χ1v) is 7.35. The molecule has 1 atom stereocenters. The van der Waals surface area contributed by atoms with E-state index in [4.69, 9.17) is 5.11 Å². The summed E-state index contributed by atoms with van der Waals surface area (Å²) in [4.78, 5) is 22.7. The molecule has 1 aromatic carbocycles. The van der Waals surface area contributed by atoms with Crippen molar-refractivity contribution in [3.05, 3.63) is 35.9 Å². The molecule has 0 aliphatic rings. The van der Waals surface area contributed by atoms with Crippen molar-refractivity contribution in [1.82, 2.24) is 5.32 Å². The molecule has 0 saturated heterocycles. The predicted molar refractivity (Wildman–Crippen MR) is 83.2 cm³/mol. The highest BCUT2D eigenvalue weighted by Crippen LogP contribution is 2.32. The van der Waals surface area contributed by atoms with E-state index in [0.717, 1.165) is 6.42 Å². The van der Waals surface area contributed by atoms with Crippen LogP contribution in [0.1, 0.15) is 50.4 Å². The molecule has 0 aliphatic carbocycles. The maximum absolute atomic E-state index is 11.9. The number of benzene rings is 1. The van der Waals surface area contributed by atoms with E-state index >= 15 is 0 Å². The van der Waals surface area contributed by atoms with Gasteiger partial charge in [-0.15, -0.1) is 0 Å². The van der Waals surface area contributed by atoms with Crippen LogP contribution in [0, 0.1) is 11.3 Å². The van der Waals surface area contributed by atoms with Gasteiger partial charge in [0, 0.05) is 18.5 Å². The Balaban J connectivity index is 2.46. The fourth-order valence-electron chi connectivity index (χ4n) is 2.36. The van der Waals surface area contributed by atoms with Crippen LogP contribution in [-0.4, -0.2) is 23.5 Å². The third-order valence-electron chi connectivity index (χ3n) is 3.75. The number of nitrogens with one attached hydrogen (secondary N) is 1. The molecule has 4 heteroatoms. The molecule has 0 spiro atoms. The molecule has 1 rings (SSSR count). The van der Waals surface area contributed by atoms with Gasteiger partial charge in [-0.3, -0.25) is 9.59 Å². The molecule has 0 radical (unpaired) electrons. The first-order chi connectivity index (χ1) is 9.80. The van der Waals surface area contributed by atoms with Crippen molar-refractivity contribution < 1.29 is 14.7 Å². The number of hydrogen-bond donors (Lipinski definition) is 2. The SMILES string of the molecule is CC(C)(C)C(CCNC(=O)c1ccccc1)CCC(=O)O. The molecular weight excluding hydrogens is 266 g/mol. The Kier molecular flexibility index (Phi) is 6.40. The zero-order valence-electron chi connectivity index (χ0n) is 13.1.